The second-order valence-electron chi connectivity index (χ2n) is 5.03. The summed E-state index contributed by atoms with van der Waals surface area (Å²) in [5.74, 6) is 0.741. The molecule has 0 heteroatoms. The lowest BCUT2D eigenvalue weighted by molar-refractivity contribution is 0.487. The Morgan fingerprint density at radius 1 is 1.31 bits per heavy atom. The highest BCUT2D eigenvalue weighted by Gasteiger charge is 2.35. The maximum absolute atomic E-state index is 2.36. The Morgan fingerprint density at radius 3 is 2.62 bits per heavy atom. The molecule has 1 aliphatic rings. The average Bonchev–Trinajstić information content (AvgIpc) is 2.24. The van der Waals surface area contributed by atoms with Gasteiger partial charge in [0.2, 0.25) is 0 Å². The molecule has 1 atom stereocenters. The van der Waals surface area contributed by atoms with Crippen LogP contribution in [0.1, 0.15) is 49.8 Å². The van der Waals surface area contributed by atoms with Gasteiger partial charge in [-0.25, -0.2) is 0 Å². The largest absolute Gasteiger partial charge is 0.0617 e. The summed E-state index contributed by atoms with van der Waals surface area (Å²) in [5, 5.41) is 0. The molecule has 0 saturated heterocycles. The van der Waals surface area contributed by atoms with E-state index in [9.17, 15) is 0 Å². The summed E-state index contributed by atoms with van der Waals surface area (Å²) < 4.78 is 0. The maximum Gasteiger partial charge on any atom is -0.00924 e. The highest BCUT2D eigenvalue weighted by Crippen LogP contribution is 2.46. The van der Waals surface area contributed by atoms with Crippen molar-refractivity contribution in [3.05, 3.63) is 34.9 Å². The van der Waals surface area contributed by atoms with Gasteiger partial charge in [-0.05, 0) is 41.4 Å². The summed E-state index contributed by atoms with van der Waals surface area (Å²) in [6.45, 7) is 9.30. The monoisotopic (exact) mass is 174 g/mol. The zero-order valence-electron chi connectivity index (χ0n) is 9.02. The van der Waals surface area contributed by atoms with Crippen molar-refractivity contribution in [2.75, 3.05) is 0 Å². The van der Waals surface area contributed by atoms with Crippen LogP contribution in [0, 0.1) is 6.92 Å². The molecular weight excluding hydrogens is 156 g/mol. The van der Waals surface area contributed by atoms with Gasteiger partial charge < -0.3 is 0 Å². The zero-order valence-corrected chi connectivity index (χ0v) is 9.02. The van der Waals surface area contributed by atoms with Crippen molar-refractivity contribution in [1.29, 1.82) is 0 Å². The summed E-state index contributed by atoms with van der Waals surface area (Å²) >= 11 is 0. The molecule has 0 bridgehead atoms. The molecule has 2 rings (SSSR count). The first-order chi connectivity index (χ1) is 6.02. The minimum absolute atomic E-state index is 0.389. The van der Waals surface area contributed by atoms with E-state index in [1.165, 1.54) is 12.0 Å². The van der Waals surface area contributed by atoms with Gasteiger partial charge in [0.1, 0.15) is 0 Å². The lowest BCUT2D eigenvalue weighted by atomic mass is 9.84. The van der Waals surface area contributed by atoms with Crippen molar-refractivity contribution in [1.82, 2.24) is 0 Å². The molecule has 0 amide bonds. The van der Waals surface area contributed by atoms with Crippen molar-refractivity contribution in [3.8, 4) is 0 Å². The molecule has 0 spiro atoms. The first-order valence-corrected chi connectivity index (χ1v) is 5.12. The second-order valence-corrected chi connectivity index (χ2v) is 5.03. The first kappa shape index (κ1) is 8.80. The lowest BCUT2D eigenvalue weighted by Crippen LogP contribution is -2.13. The maximum atomic E-state index is 2.36. The third kappa shape index (κ3) is 1.20. The highest BCUT2D eigenvalue weighted by molar-refractivity contribution is 5.45. The smallest absolute Gasteiger partial charge is 0.00924 e. The average molecular weight is 174 g/mol. The quantitative estimate of drug-likeness (QED) is 0.561. The van der Waals surface area contributed by atoms with Crippen molar-refractivity contribution in [3.63, 3.8) is 0 Å². The van der Waals surface area contributed by atoms with Crippen LogP contribution in [0.3, 0.4) is 0 Å². The van der Waals surface area contributed by atoms with Crippen LogP contribution in [0.5, 0.6) is 0 Å². The number of rotatable bonds is 0. The van der Waals surface area contributed by atoms with Gasteiger partial charge in [0.05, 0.1) is 0 Å². The molecule has 0 fully saturated rings. The van der Waals surface area contributed by atoms with Crippen LogP contribution >= 0.6 is 0 Å². The molecule has 0 aromatic heterocycles. The van der Waals surface area contributed by atoms with Gasteiger partial charge >= 0.3 is 0 Å². The van der Waals surface area contributed by atoms with E-state index in [0.717, 1.165) is 5.92 Å². The minimum atomic E-state index is 0.389. The standard InChI is InChI=1S/C13H18/c1-9-6-5-7-11-10(2)8-13(3,4)12(9)11/h5-7,10H,8H2,1-4H3. The number of hydrogen-bond acceptors (Lipinski definition) is 0. The summed E-state index contributed by atoms with van der Waals surface area (Å²) in [6, 6.07) is 6.71. The Balaban J connectivity index is 2.66. The van der Waals surface area contributed by atoms with Crippen LogP contribution in [0.25, 0.3) is 0 Å². The number of fused-ring (bicyclic) bond motifs is 1. The van der Waals surface area contributed by atoms with E-state index < -0.39 is 0 Å². The molecule has 1 aliphatic carbocycles. The molecular formula is C13H18. The first-order valence-electron chi connectivity index (χ1n) is 5.12. The molecule has 0 N–H and O–H groups in total. The van der Waals surface area contributed by atoms with E-state index in [1.807, 2.05) is 0 Å². The molecule has 1 unspecified atom stereocenters. The Morgan fingerprint density at radius 2 is 2.00 bits per heavy atom. The second kappa shape index (κ2) is 2.60. The van der Waals surface area contributed by atoms with E-state index >= 15 is 0 Å². The topological polar surface area (TPSA) is 0 Å². The third-order valence-electron chi connectivity index (χ3n) is 3.33. The van der Waals surface area contributed by atoms with E-state index in [0.29, 0.717) is 5.41 Å². The predicted molar refractivity (Wildman–Crippen MR) is 57.2 cm³/mol. The fraction of sp³-hybridized carbons (Fsp3) is 0.538. The van der Waals surface area contributed by atoms with Crippen LogP contribution in [-0.4, -0.2) is 0 Å². The molecule has 1 aromatic rings. The Kier molecular flexibility index (Phi) is 1.76. The SMILES string of the molecule is Cc1cccc2c1C(C)(C)CC2C. The molecule has 1 aromatic carbocycles. The Labute approximate surface area is 81.0 Å². The normalized spacial score (nSPS) is 24.5. The lowest BCUT2D eigenvalue weighted by Gasteiger charge is -2.21. The Hall–Kier alpha value is -0.780. The van der Waals surface area contributed by atoms with Crippen molar-refractivity contribution < 1.29 is 0 Å². The third-order valence-corrected chi connectivity index (χ3v) is 3.33. The van der Waals surface area contributed by atoms with Gasteiger partial charge in [-0.1, -0.05) is 39.0 Å². The van der Waals surface area contributed by atoms with E-state index in [4.69, 9.17) is 0 Å². The molecule has 0 nitrogen and oxygen atoms in total. The predicted octanol–water partition coefficient (Wildman–Crippen LogP) is 3.78. The fourth-order valence-corrected chi connectivity index (χ4v) is 3.00. The van der Waals surface area contributed by atoms with Gasteiger partial charge in [0, 0.05) is 0 Å². The zero-order chi connectivity index (χ0) is 9.64. The Bertz CT molecular complexity index is 334. The van der Waals surface area contributed by atoms with Crippen molar-refractivity contribution in [2.45, 2.75) is 45.4 Å². The van der Waals surface area contributed by atoms with Gasteiger partial charge in [0.25, 0.3) is 0 Å². The van der Waals surface area contributed by atoms with Crippen LogP contribution < -0.4 is 0 Å². The minimum Gasteiger partial charge on any atom is -0.0617 e. The number of hydrogen-bond donors (Lipinski definition) is 0. The van der Waals surface area contributed by atoms with Gasteiger partial charge in [-0.15, -0.1) is 0 Å². The molecule has 70 valence electrons. The van der Waals surface area contributed by atoms with E-state index in [1.54, 1.807) is 11.1 Å². The van der Waals surface area contributed by atoms with E-state index in [2.05, 4.69) is 45.9 Å². The highest BCUT2D eigenvalue weighted by atomic mass is 14.4. The molecule has 0 radical (unpaired) electrons. The summed E-state index contributed by atoms with van der Waals surface area (Å²) in [7, 11) is 0. The van der Waals surface area contributed by atoms with Gasteiger partial charge in [-0.3, -0.25) is 0 Å². The molecule has 0 aliphatic heterocycles. The van der Waals surface area contributed by atoms with Crippen molar-refractivity contribution >= 4 is 0 Å². The summed E-state index contributed by atoms with van der Waals surface area (Å²) in [6.07, 6.45) is 1.30. The summed E-state index contributed by atoms with van der Waals surface area (Å²) in [5.41, 5.74) is 5.03. The fourth-order valence-electron chi connectivity index (χ4n) is 3.00. The van der Waals surface area contributed by atoms with Crippen molar-refractivity contribution in [2.24, 2.45) is 0 Å². The van der Waals surface area contributed by atoms with Gasteiger partial charge in [-0.2, -0.15) is 0 Å². The molecule has 0 saturated carbocycles. The van der Waals surface area contributed by atoms with Crippen LogP contribution in [-0.2, 0) is 5.41 Å². The molecule has 0 heterocycles. The number of benzene rings is 1. The van der Waals surface area contributed by atoms with Crippen LogP contribution in [0.2, 0.25) is 0 Å². The number of aryl methyl sites for hydroxylation is 1. The van der Waals surface area contributed by atoms with Crippen LogP contribution in [0.4, 0.5) is 0 Å². The summed E-state index contributed by atoms with van der Waals surface area (Å²) in [4.78, 5) is 0. The van der Waals surface area contributed by atoms with Gasteiger partial charge in [0.15, 0.2) is 0 Å². The van der Waals surface area contributed by atoms with Crippen LogP contribution in [0.15, 0.2) is 18.2 Å². The molecule has 13 heavy (non-hydrogen) atoms. The van der Waals surface area contributed by atoms with E-state index in [-0.39, 0.29) is 0 Å².